The summed E-state index contributed by atoms with van der Waals surface area (Å²) in [4.78, 5) is 2.34. The first-order valence-corrected chi connectivity index (χ1v) is 5.97. The van der Waals surface area contributed by atoms with E-state index in [2.05, 4.69) is 17.9 Å². The lowest BCUT2D eigenvalue weighted by Crippen LogP contribution is -2.44. The smallest absolute Gasteiger partial charge is 0.120 e. The van der Waals surface area contributed by atoms with E-state index >= 15 is 0 Å². The predicted octanol–water partition coefficient (Wildman–Crippen LogP) is 1.38. The maximum Gasteiger partial charge on any atom is 0.120 e. The molecule has 1 aliphatic heterocycles. The van der Waals surface area contributed by atoms with E-state index in [-0.39, 0.29) is 0 Å². The third-order valence-electron chi connectivity index (χ3n) is 3.19. The third kappa shape index (κ3) is 2.53. The van der Waals surface area contributed by atoms with Gasteiger partial charge in [-0.05, 0) is 18.6 Å². The van der Waals surface area contributed by atoms with Crippen molar-refractivity contribution >= 4 is 5.69 Å². The first-order valence-electron chi connectivity index (χ1n) is 5.97. The second kappa shape index (κ2) is 5.38. The number of rotatable bonds is 3. The van der Waals surface area contributed by atoms with E-state index < -0.39 is 0 Å². The summed E-state index contributed by atoms with van der Waals surface area (Å²) in [6, 6.07) is 6.43. The molecule has 94 valence electrons. The molecule has 1 aromatic rings. The third-order valence-corrected chi connectivity index (χ3v) is 3.19. The van der Waals surface area contributed by atoms with Gasteiger partial charge in [0.25, 0.3) is 0 Å². The summed E-state index contributed by atoms with van der Waals surface area (Å²) in [5.41, 5.74) is 8.12. The van der Waals surface area contributed by atoms with Crippen molar-refractivity contribution in [1.82, 2.24) is 0 Å². The van der Waals surface area contributed by atoms with Crippen molar-refractivity contribution in [2.45, 2.75) is 19.5 Å². The molecule has 0 radical (unpaired) electrons. The van der Waals surface area contributed by atoms with Gasteiger partial charge in [0.15, 0.2) is 0 Å². The maximum atomic E-state index is 5.80. The van der Waals surface area contributed by atoms with E-state index in [1.807, 2.05) is 12.1 Å². The minimum Gasteiger partial charge on any atom is -0.497 e. The number of benzene rings is 1. The Morgan fingerprint density at radius 2 is 2.35 bits per heavy atom. The zero-order valence-corrected chi connectivity index (χ0v) is 10.5. The van der Waals surface area contributed by atoms with E-state index in [9.17, 15) is 0 Å². The number of morpholine rings is 1. The first kappa shape index (κ1) is 12.2. The van der Waals surface area contributed by atoms with Crippen molar-refractivity contribution in [3.63, 3.8) is 0 Å². The maximum absolute atomic E-state index is 5.80. The van der Waals surface area contributed by atoms with E-state index in [4.69, 9.17) is 15.2 Å². The monoisotopic (exact) mass is 236 g/mol. The lowest BCUT2D eigenvalue weighted by atomic mass is 10.1. The number of nitrogens with two attached hydrogens (primary N) is 1. The molecule has 0 saturated carbocycles. The summed E-state index contributed by atoms with van der Waals surface area (Å²) in [7, 11) is 1.68. The quantitative estimate of drug-likeness (QED) is 0.861. The second-order valence-corrected chi connectivity index (χ2v) is 4.32. The second-order valence-electron chi connectivity index (χ2n) is 4.32. The minimum atomic E-state index is 0.376. The Balaban J connectivity index is 2.33. The van der Waals surface area contributed by atoms with Gasteiger partial charge in [-0.3, -0.25) is 0 Å². The number of hydrogen-bond acceptors (Lipinski definition) is 4. The molecule has 0 aromatic heterocycles. The van der Waals surface area contributed by atoms with Crippen LogP contribution in [0.3, 0.4) is 0 Å². The lowest BCUT2D eigenvalue weighted by Gasteiger charge is -2.36. The molecule has 1 fully saturated rings. The number of methoxy groups -OCH3 is 1. The lowest BCUT2D eigenvalue weighted by molar-refractivity contribution is 0.0988. The van der Waals surface area contributed by atoms with Crippen molar-refractivity contribution < 1.29 is 9.47 Å². The Bertz CT molecular complexity index is 382. The van der Waals surface area contributed by atoms with Crippen LogP contribution >= 0.6 is 0 Å². The summed E-state index contributed by atoms with van der Waals surface area (Å²) >= 11 is 0. The van der Waals surface area contributed by atoms with Gasteiger partial charge in [-0.25, -0.2) is 0 Å². The molecule has 0 amide bonds. The highest BCUT2D eigenvalue weighted by Crippen LogP contribution is 2.28. The number of anilines is 1. The van der Waals surface area contributed by atoms with Gasteiger partial charge in [0.05, 0.1) is 20.3 Å². The van der Waals surface area contributed by atoms with Gasteiger partial charge in [-0.2, -0.15) is 0 Å². The Morgan fingerprint density at radius 3 is 3.00 bits per heavy atom. The molecule has 1 saturated heterocycles. The van der Waals surface area contributed by atoms with Gasteiger partial charge in [0.2, 0.25) is 0 Å². The van der Waals surface area contributed by atoms with Crippen LogP contribution in [0.2, 0.25) is 0 Å². The van der Waals surface area contributed by atoms with Crippen molar-refractivity contribution in [2.24, 2.45) is 5.73 Å². The van der Waals surface area contributed by atoms with Crippen molar-refractivity contribution in [1.29, 1.82) is 0 Å². The molecule has 4 nitrogen and oxygen atoms in total. The molecule has 1 aliphatic rings. The SMILES string of the molecule is COc1ccc(CN)c(N2CCOCC2C)c1. The summed E-state index contributed by atoms with van der Waals surface area (Å²) in [6.45, 7) is 5.15. The Morgan fingerprint density at radius 1 is 1.53 bits per heavy atom. The zero-order chi connectivity index (χ0) is 12.3. The van der Waals surface area contributed by atoms with Crippen LogP contribution in [0.15, 0.2) is 18.2 Å². The number of ether oxygens (including phenoxy) is 2. The molecular formula is C13H20N2O2. The molecule has 0 bridgehead atoms. The van der Waals surface area contributed by atoms with Gasteiger partial charge >= 0.3 is 0 Å². The van der Waals surface area contributed by atoms with Crippen molar-refractivity contribution in [2.75, 3.05) is 31.8 Å². The molecular weight excluding hydrogens is 216 g/mol. The van der Waals surface area contributed by atoms with Gasteiger partial charge in [0.1, 0.15) is 5.75 Å². The largest absolute Gasteiger partial charge is 0.497 e. The average molecular weight is 236 g/mol. The van der Waals surface area contributed by atoms with E-state index in [1.54, 1.807) is 7.11 Å². The van der Waals surface area contributed by atoms with Crippen LogP contribution in [0, 0.1) is 0 Å². The summed E-state index contributed by atoms with van der Waals surface area (Å²) in [6.07, 6.45) is 0. The highest BCUT2D eigenvalue weighted by atomic mass is 16.5. The highest BCUT2D eigenvalue weighted by molar-refractivity contribution is 5.58. The van der Waals surface area contributed by atoms with Gasteiger partial charge in [-0.15, -0.1) is 0 Å². The molecule has 1 aromatic carbocycles. The standard InChI is InChI=1S/C13H20N2O2/c1-10-9-17-6-5-15(10)13-7-12(16-2)4-3-11(13)8-14/h3-4,7,10H,5-6,8-9,14H2,1-2H3. The molecule has 2 N–H and O–H groups in total. The van der Waals surface area contributed by atoms with Crippen LogP contribution in [0.4, 0.5) is 5.69 Å². The Labute approximate surface area is 102 Å². The summed E-state index contributed by atoms with van der Waals surface area (Å²) in [5.74, 6) is 0.871. The molecule has 0 spiro atoms. The Hall–Kier alpha value is -1.26. The van der Waals surface area contributed by atoms with Crippen LogP contribution in [0.25, 0.3) is 0 Å². The van der Waals surface area contributed by atoms with Gasteiger partial charge in [0, 0.05) is 30.9 Å². The topological polar surface area (TPSA) is 47.7 Å². The first-order chi connectivity index (χ1) is 8.26. The fourth-order valence-corrected chi connectivity index (χ4v) is 2.20. The normalized spacial score (nSPS) is 20.4. The van der Waals surface area contributed by atoms with Crippen LogP contribution in [0.5, 0.6) is 5.75 Å². The van der Waals surface area contributed by atoms with Crippen LogP contribution in [0.1, 0.15) is 12.5 Å². The average Bonchev–Trinajstić information content (AvgIpc) is 2.38. The minimum absolute atomic E-state index is 0.376. The highest BCUT2D eigenvalue weighted by Gasteiger charge is 2.21. The van der Waals surface area contributed by atoms with Gasteiger partial charge < -0.3 is 20.1 Å². The van der Waals surface area contributed by atoms with Crippen LogP contribution in [-0.4, -0.2) is 32.9 Å². The number of nitrogens with zero attached hydrogens (tertiary/aromatic N) is 1. The van der Waals surface area contributed by atoms with Crippen LogP contribution in [-0.2, 0) is 11.3 Å². The number of hydrogen-bond donors (Lipinski definition) is 1. The predicted molar refractivity (Wildman–Crippen MR) is 68.5 cm³/mol. The van der Waals surface area contributed by atoms with Crippen molar-refractivity contribution in [3.05, 3.63) is 23.8 Å². The fourth-order valence-electron chi connectivity index (χ4n) is 2.20. The molecule has 4 heteroatoms. The Kier molecular flexibility index (Phi) is 3.86. The molecule has 1 atom stereocenters. The molecule has 1 heterocycles. The van der Waals surface area contributed by atoms with Crippen molar-refractivity contribution in [3.8, 4) is 5.75 Å². The fraction of sp³-hybridized carbons (Fsp3) is 0.538. The molecule has 17 heavy (non-hydrogen) atoms. The van der Waals surface area contributed by atoms with E-state index in [0.717, 1.165) is 31.1 Å². The van der Waals surface area contributed by atoms with E-state index in [1.165, 1.54) is 5.69 Å². The van der Waals surface area contributed by atoms with E-state index in [0.29, 0.717) is 12.6 Å². The van der Waals surface area contributed by atoms with Crippen LogP contribution < -0.4 is 15.4 Å². The molecule has 0 aliphatic carbocycles. The molecule has 2 rings (SSSR count). The zero-order valence-electron chi connectivity index (χ0n) is 10.5. The van der Waals surface area contributed by atoms with Gasteiger partial charge in [-0.1, -0.05) is 6.07 Å². The summed E-state index contributed by atoms with van der Waals surface area (Å²) in [5, 5.41) is 0. The molecule has 1 unspecified atom stereocenters. The summed E-state index contributed by atoms with van der Waals surface area (Å²) < 4.78 is 10.7.